The van der Waals surface area contributed by atoms with Crippen LogP contribution in [0.25, 0.3) is 10.2 Å². The van der Waals surface area contributed by atoms with Gasteiger partial charge in [0, 0.05) is 25.8 Å². The smallest absolute Gasteiger partial charge is 0.280 e. The zero-order valence-corrected chi connectivity index (χ0v) is 16.7. The number of hydrogen-bond acceptors (Lipinski definition) is 5. The van der Waals surface area contributed by atoms with E-state index >= 15 is 0 Å². The van der Waals surface area contributed by atoms with Gasteiger partial charge in [0.15, 0.2) is 10.8 Å². The van der Waals surface area contributed by atoms with Crippen molar-refractivity contribution in [2.75, 3.05) is 32.1 Å². The largest absolute Gasteiger partial charge is 0.308 e. The van der Waals surface area contributed by atoms with Crippen LogP contribution in [0.2, 0.25) is 0 Å². The number of aryl methyl sites for hydroxylation is 2. The minimum atomic E-state index is -0.311. The second-order valence-electron chi connectivity index (χ2n) is 6.16. The van der Waals surface area contributed by atoms with Crippen LogP contribution in [0, 0.1) is 12.7 Å². The van der Waals surface area contributed by atoms with Crippen LogP contribution in [0.4, 0.5) is 9.52 Å². The lowest BCUT2D eigenvalue weighted by Gasteiger charge is -2.21. The second-order valence-corrected chi connectivity index (χ2v) is 7.17. The van der Waals surface area contributed by atoms with E-state index in [0.29, 0.717) is 29.4 Å². The van der Waals surface area contributed by atoms with Gasteiger partial charge < -0.3 is 4.90 Å². The lowest BCUT2D eigenvalue weighted by atomic mass is 10.3. The predicted molar refractivity (Wildman–Crippen MR) is 105 cm³/mol. The molecule has 2 aromatic heterocycles. The topological polar surface area (TPSA) is 54.3 Å². The maximum Gasteiger partial charge on any atom is 0.280 e. The van der Waals surface area contributed by atoms with Gasteiger partial charge >= 0.3 is 0 Å². The number of halogens is 2. The number of carbonyl (C=O) groups is 1. The molecule has 0 fully saturated rings. The summed E-state index contributed by atoms with van der Waals surface area (Å²) in [6, 6.07) is 6.21. The zero-order valence-electron chi connectivity index (χ0n) is 15.1. The molecule has 3 aromatic rings. The molecule has 9 heteroatoms. The number of aromatic nitrogens is 3. The average molecular weight is 398 g/mol. The van der Waals surface area contributed by atoms with Gasteiger partial charge in [-0.3, -0.25) is 14.4 Å². The first-order valence-electron chi connectivity index (χ1n) is 7.88. The van der Waals surface area contributed by atoms with Crippen molar-refractivity contribution < 1.29 is 9.18 Å². The maximum atomic E-state index is 13.5. The van der Waals surface area contributed by atoms with Crippen molar-refractivity contribution in [1.82, 2.24) is 19.7 Å². The molecular weight excluding hydrogens is 377 g/mol. The number of nitrogens with zero attached hydrogens (tertiary/aromatic N) is 5. The quantitative estimate of drug-likeness (QED) is 0.663. The highest BCUT2D eigenvalue weighted by molar-refractivity contribution is 7.22. The van der Waals surface area contributed by atoms with Crippen molar-refractivity contribution >= 4 is 45.0 Å². The summed E-state index contributed by atoms with van der Waals surface area (Å²) in [5.41, 5.74) is 1.97. The summed E-state index contributed by atoms with van der Waals surface area (Å²) in [5, 5.41) is 4.83. The number of thiazole rings is 1. The van der Waals surface area contributed by atoms with Crippen LogP contribution in [0.1, 0.15) is 16.2 Å². The van der Waals surface area contributed by atoms with E-state index in [0.717, 1.165) is 10.4 Å². The zero-order chi connectivity index (χ0) is 18.1. The molecule has 0 unspecified atom stereocenters. The van der Waals surface area contributed by atoms with Gasteiger partial charge in [-0.2, -0.15) is 5.10 Å². The summed E-state index contributed by atoms with van der Waals surface area (Å²) >= 11 is 1.31. The van der Waals surface area contributed by atoms with Gasteiger partial charge in [0.05, 0.1) is 10.2 Å². The van der Waals surface area contributed by atoms with Gasteiger partial charge in [-0.05, 0) is 45.3 Å². The first-order valence-corrected chi connectivity index (χ1v) is 8.70. The molecule has 0 N–H and O–H groups in total. The first kappa shape index (κ1) is 20.3. The summed E-state index contributed by atoms with van der Waals surface area (Å²) in [5.74, 6) is -0.515. The van der Waals surface area contributed by atoms with Crippen molar-refractivity contribution in [1.29, 1.82) is 0 Å². The standard InChI is InChI=1S/C17H20FN5OS.ClH/c1-11-9-14(20-22(11)4)16(24)23(8-7-21(2)3)17-19-13-6-5-12(18)10-15(13)25-17;/h5-6,9-10H,7-8H2,1-4H3;1H. The van der Waals surface area contributed by atoms with Crippen LogP contribution in [-0.2, 0) is 7.05 Å². The Labute approximate surface area is 161 Å². The Kier molecular flexibility index (Phi) is 6.33. The van der Waals surface area contributed by atoms with E-state index in [4.69, 9.17) is 0 Å². The molecule has 0 atom stereocenters. The molecule has 0 aliphatic heterocycles. The number of benzene rings is 1. The highest BCUT2D eigenvalue weighted by Crippen LogP contribution is 2.30. The third kappa shape index (κ3) is 4.20. The third-order valence-corrected chi connectivity index (χ3v) is 4.96. The molecule has 1 aromatic carbocycles. The van der Waals surface area contributed by atoms with Crippen LogP contribution in [0.5, 0.6) is 0 Å². The summed E-state index contributed by atoms with van der Waals surface area (Å²) < 4.78 is 15.8. The van der Waals surface area contributed by atoms with E-state index in [1.54, 1.807) is 28.8 Å². The minimum absolute atomic E-state index is 0. The van der Waals surface area contributed by atoms with E-state index in [1.165, 1.54) is 23.5 Å². The molecule has 26 heavy (non-hydrogen) atoms. The molecule has 3 rings (SSSR count). The van der Waals surface area contributed by atoms with Gasteiger partial charge in [0.1, 0.15) is 5.82 Å². The predicted octanol–water partition coefficient (Wildman–Crippen LogP) is 3.11. The normalized spacial score (nSPS) is 11.0. The molecule has 0 saturated heterocycles. The molecule has 0 bridgehead atoms. The highest BCUT2D eigenvalue weighted by Gasteiger charge is 2.24. The van der Waals surface area contributed by atoms with Crippen molar-refractivity contribution in [2.45, 2.75) is 6.92 Å². The van der Waals surface area contributed by atoms with Crippen LogP contribution < -0.4 is 4.90 Å². The fraction of sp³-hybridized carbons (Fsp3) is 0.353. The van der Waals surface area contributed by atoms with Gasteiger partial charge in [-0.25, -0.2) is 9.37 Å². The highest BCUT2D eigenvalue weighted by atomic mass is 35.5. The molecule has 0 radical (unpaired) electrons. The Bertz CT molecular complexity index is 904. The SMILES string of the molecule is Cc1cc(C(=O)N(CCN(C)C)c2nc3ccc(F)cc3s2)nn1C.Cl. The Morgan fingerprint density at radius 1 is 1.27 bits per heavy atom. The fourth-order valence-corrected chi connectivity index (χ4v) is 3.40. The monoisotopic (exact) mass is 397 g/mol. The van der Waals surface area contributed by atoms with Gasteiger partial charge in [-0.1, -0.05) is 11.3 Å². The van der Waals surface area contributed by atoms with E-state index in [-0.39, 0.29) is 24.1 Å². The van der Waals surface area contributed by atoms with E-state index in [1.807, 2.05) is 25.9 Å². The fourth-order valence-electron chi connectivity index (χ4n) is 2.39. The number of likely N-dealkylation sites (N-methyl/N-ethyl adjacent to an activating group) is 1. The van der Waals surface area contributed by atoms with Gasteiger partial charge in [0.2, 0.25) is 0 Å². The lowest BCUT2D eigenvalue weighted by molar-refractivity contribution is 0.0979. The number of rotatable bonds is 5. The Balaban J connectivity index is 0.00000243. The summed E-state index contributed by atoms with van der Waals surface area (Å²) in [4.78, 5) is 21.1. The van der Waals surface area contributed by atoms with Crippen LogP contribution in [-0.4, -0.2) is 52.8 Å². The molecule has 1 amide bonds. The van der Waals surface area contributed by atoms with Crippen molar-refractivity contribution in [2.24, 2.45) is 7.05 Å². The summed E-state index contributed by atoms with van der Waals surface area (Å²) in [6.45, 7) is 3.06. The summed E-state index contributed by atoms with van der Waals surface area (Å²) in [6.07, 6.45) is 0. The van der Waals surface area contributed by atoms with Crippen molar-refractivity contribution in [3.63, 3.8) is 0 Å². The molecule has 0 saturated carbocycles. The number of amides is 1. The molecule has 140 valence electrons. The molecule has 6 nitrogen and oxygen atoms in total. The molecule has 0 aliphatic rings. The minimum Gasteiger partial charge on any atom is -0.308 e. The molecule has 2 heterocycles. The van der Waals surface area contributed by atoms with Crippen molar-refractivity contribution in [3.8, 4) is 0 Å². The Morgan fingerprint density at radius 3 is 2.62 bits per heavy atom. The molecule has 0 spiro atoms. The number of carbonyl (C=O) groups excluding carboxylic acids is 1. The van der Waals surface area contributed by atoms with E-state index in [2.05, 4.69) is 10.1 Å². The lowest BCUT2D eigenvalue weighted by Crippen LogP contribution is -2.37. The number of fused-ring (bicyclic) bond motifs is 1. The summed E-state index contributed by atoms with van der Waals surface area (Å²) in [7, 11) is 5.69. The van der Waals surface area contributed by atoms with Crippen LogP contribution in [0.3, 0.4) is 0 Å². The molecular formula is C17H21ClFN5OS. The number of hydrogen-bond donors (Lipinski definition) is 0. The Hall–Kier alpha value is -2.03. The van der Waals surface area contributed by atoms with Crippen LogP contribution in [0.15, 0.2) is 24.3 Å². The van der Waals surface area contributed by atoms with E-state index in [9.17, 15) is 9.18 Å². The third-order valence-electron chi connectivity index (χ3n) is 3.92. The second kappa shape index (κ2) is 8.11. The van der Waals surface area contributed by atoms with E-state index < -0.39 is 0 Å². The number of anilines is 1. The Morgan fingerprint density at radius 2 is 2.00 bits per heavy atom. The van der Waals surface area contributed by atoms with Crippen molar-refractivity contribution in [3.05, 3.63) is 41.5 Å². The molecule has 0 aliphatic carbocycles. The van der Waals surface area contributed by atoms with Gasteiger partial charge in [-0.15, -0.1) is 12.4 Å². The van der Waals surface area contributed by atoms with Gasteiger partial charge in [0.25, 0.3) is 5.91 Å². The average Bonchev–Trinajstić information content (AvgIpc) is 3.10. The maximum absolute atomic E-state index is 13.5. The van der Waals surface area contributed by atoms with Crippen LogP contribution >= 0.6 is 23.7 Å². The first-order chi connectivity index (χ1) is 11.8.